The fraction of sp³-hybridized carbons (Fsp3) is 0.714. The zero-order valence-corrected chi connectivity index (χ0v) is 5.76. The molecule has 1 heterocycles. The van der Waals surface area contributed by atoms with Crippen LogP contribution >= 0.6 is 0 Å². The predicted molar refractivity (Wildman–Crippen MR) is 35.8 cm³/mol. The van der Waals surface area contributed by atoms with Crippen molar-refractivity contribution in [1.82, 2.24) is 4.90 Å². The maximum absolute atomic E-state index is 10.8. The molecule has 0 N–H and O–H groups in total. The molecule has 0 atom stereocenters. The van der Waals surface area contributed by atoms with Gasteiger partial charge in [0.25, 0.3) is 0 Å². The maximum Gasteiger partial charge on any atom is 0.146 e. The van der Waals surface area contributed by atoms with Gasteiger partial charge in [-0.25, -0.2) is 0 Å². The highest BCUT2D eigenvalue weighted by Gasteiger charge is 2.14. The summed E-state index contributed by atoms with van der Waals surface area (Å²) >= 11 is 0. The predicted octanol–water partition coefficient (Wildman–Crippen LogP) is 0.833. The Morgan fingerprint density at radius 3 is 2.89 bits per heavy atom. The lowest BCUT2D eigenvalue weighted by molar-refractivity contribution is -0.121. The lowest BCUT2D eigenvalue weighted by atomic mass is 10.1. The normalized spacial score (nSPS) is 22.6. The largest absolute Gasteiger partial charge is 0.298 e. The Balaban J connectivity index is 2.32. The Morgan fingerprint density at radius 1 is 1.67 bits per heavy atom. The monoisotopic (exact) mass is 126 g/mol. The summed E-state index contributed by atoms with van der Waals surface area (Å²) < 4.78 is 0. The van der Waals surface area contributed by atoms with Crippen LogP contribution in [0, 0.1) is 6.54 Å². The molecule has 1 aliphatic heterocycles. The molecule has 0 amide bonds. The topological polar surface area (TPSA) is 20.3 Å². The van der Waals surface area contributed by atoms with Crippen molar-refractivity contribution in [2.75, 3.05) is 13.1 Å². The molecule has 0 aromatic rings. The van der Waals surface area contributed by atoms with E-state index < -0.39 is 0 Å². The van der Waals surface area contributed by atoms with E-state index in [0.29, 0.717) is 12.3 Å². The van der Waals surface area contributed by atoms with Crippen molar-refractivity contribution in [3.8, 4) is 0 Å². The van der Waals surface area contributed by atoms with Gasteiger partial charge in [0.05, 0.1) is 6.54 Å². The molecule has 0 saturated carbocycles. The second-order valence-corrected chi connectivity index (χ2v) is 2.37. The first-order valence-electron chi connectivity index (χ1n) is 3.38. The third-order valence-electron chi connectivity index (χ3n) is 1.65. The van der Waals surface area contributed by atoms with Crippen molar-refractivity contribution in [3.05, 3.63) is 6.54 Å². The fourth-order valence-corrected chi connectivity index (χ4v) is 1.08. The molecule has 1 radical (unpaired) electrons. The van der Waals surface area contributed by atoms with E-state index >= 15 is 0 Å². The van der Waals surface area contributed by atoms with Gasteiger partial charge in [-0.05, 0) is 19.9 Å². The van der Waals surface area contributed by atoms with Gasteiger partial charge in [-0.15, -0.1) is 0 Å². The molecule has 1 fully saturated rings. The summed E-state index contributed by atoms with van der Waals surface area (Å²) in [5.41, 5.74) is 0. The molecule has 0 spiro atoms. The van der Waals surface area contributed by atoms with Crippen LogP contribution < -0.4 is 0 Å². The highest BCUT2D eigenvalue weighted by Crippen LogP contribution is 2.05. The number of ketones is 1. The molecule has 1 saturated heterocycles. The van der Waals surface area contributed by atoms with Gasteiger partial charge in [-0.3, -0.25) is 9.69 Å². The van der Waals surface area contributed by atoms with Gasteiger partial charge >= 0.3 is 0 Å². The van der Waals surface area contributed by atoms with Crippen molar-refractivity contribution >= 4 is 5.78 Å². The first kappa shape index (κ1) is 6.75. The van der Waals surface area contributed by atoms with E-state index in [1.54, 1.807) is 0 Å². The summed E-state index contributed by atoms with van der Waals surface area (Å²) in [6.07, 6.45) is 1.81. The smallest absolute Gasteiger partial charge is 0.146 e. The summed E-state index contributed by atoms with van der Waals surface area (Å²) in [7, 11) is 0. The molecule has 0 bridgehead atoms. The molecule has 2 heteroatoms. The second kappa shape index (κ2) is 2.97. The molecule has 0 aliphatic carbocycles. The van der Waals surface area contributed by atoms with Gasteiger partial charge in [-0.1, -0.05) is 0 Å². The molecule has 2 nitrogen and oxygen atoms in total. The van der Waals surface area contributed by atoms with Crippen molar-refractivity contribution in [2.24, 2.45) is 0 Å². The third-order valence-corrected chi connectivity index (χ3v) is 1.65. The Bertz CT molecular complexity index is 111. The first-order valence-corrected chi connectivity index (χ1v) is 3.38. The number of nitrogens with zero attached hydrogens (tertiary/aromatic N) is 1. The van der Waals surface area contributed by atoms with Crippen LogP contribution in [-0.2, 0) is 4.79 Å². The van der Waals surface area contributed by atoms with Crippen molar-refractivity contribution < 1.29 is 4.79 Å². The van der Waals surface area contributed by atoms with E-state index in [0.717, 1.165) is 19.4 Å². The molecule has 9 heavy (non-hydrogen) atoms. The van der Waals surface area contributed by atoms with E-state index in [-0.39, 0.29) is 0 Å². The number of carbonyl (C=O) groups is 1. The number of carbonyl (C=O) groups excluding carboxylic acids is 1. The van der Waals surface area contributed by atoms with Crippen molar-refractivity contribution in [2.45, 2.75) is 19.8 Å². The van der Waals surface area contributed by atoms with Gasteiger partial charge in [0.2, 0.25) is 0 Å². The van der Waals surface area contributed by atoms with Crippen LogP contribution in [0.5, 0.6) is 0 Å². The van der Waals surface area contributed by atoms with Crippen LogP contribution in [0.4, 0.5) is 0 Å². The maximum atomic E-state index is 10.8. The van der Waals surface area contributed by atoms with E-state index in [1.165, 1.54) is 0 Å². The summed E-state index contributed by atoms with van der Waals surface area (Å²) in [6, 6.07) is 0. The molecule has 1 aliphatic rings. The molecule has 1 rings (SSSR count). The highest BCUT2D eigenvalue weighted by atomic mass is 16.1. The average molecular weight is 126 g/mol. The van der Waals surface area contributed by atoms with Gasteiger partial charge in [-0.2, -0.15) is 0 Å². The second-order valence-electron chi connectivity index (χ2n) is 2.37. The molecule has 0 unspecified atom stereocenters. The number of hydrogen-bond acceptors (Lipinski definition) is 2. The quantitative estimate of drug-likeness (QED) is 0.518. The lowest BCUT2D eigenvalue weighted by Gasteiger charge is -2.22. The number of likely N-dealkylation sites (tertiary alicyclic amines) is 1. The molecular formula is C7H12NO. The zero-order chi connectivity index (χ0) is 6.69. The van der Waals surface area contributed by atoms with E-state index in [4.69, 9.17) is 0 Å². The fourth-order valence-electron chi connectivity index (χ4n) is 1.08. The van der Waals surface area contributed by atoms with Crippen molar-refractivity contribution in [3.63, 3.8) is 0 Å². The van der Waals surface area contributed by atoms with E-state index in [9.17, 15) is 4.79 Å². The standard InChI is InChI=1S/C7H12NO/c1-2-8-5-3-4-7(9)6-8/h2H,3-6H2,1H3. The number of piperidine rings is 1. The number of rotatable bonds is 1. The molecule has 51 valence electrons. The minimum Gasteiger partial charge on any atom is -0.298 e. The Hall–Kier alpha value is -0.370. The average Bonchev–Trinajstić information content (AvgIpc) is 1.88. The third kappa shape index (κ3) is 1.79. The van der Waals surface area contributed by atoms with E-state index in [1.807, 2.05) is 13.5 Å². The summed E-state index contributed by atoms with van der Waals surface area (Å²) in [5, 5.41) is 0. The summed E-state index contributed by atoms with van der Waals surface area (Å²) in [4.78, 5) is 12.8. The molecular weight excluding hydrogens is 114 g/mol. The first-order chi connectivity index (χ1) is 4.33. The molecule has 0 aromatic carbocycles. The van der Waals surface area contributed by atoms with Crippen LogP contribution in [-0.4, -0.2) is 23.8 Å². The minimum absolute atomic E-state index is 0.374. The van der Waals surface area contributed by atoms with Crippen LogP contribution in [0.2, 0.25) is 0 Å². The zero-order valence-electron chi connectivity index (χ0n) is 5.76. The van der Waals surface area contributed by atoms with Gasteiger partial charge in [0.15, 0.2) is 0 Å². The van der Waals surface area contributed by atoms with Gasteiger partial charge in [0.1, 0.15) is 5.78 Å². The summed E-state index contributed by atoms with van der Waals surface area (Å²) in [6.45, 7) is 5.65. The highest BCUT2D eigenvalue weighted by molar-refractivity contribution is 5.81. The van der Waals surface area contributed by atoms with Gasteiger partial charge < -0.3 is 0 Å². The van der Waals surface area contributed by atoms with Crippen LogP contribution in [0.25, 0.3) is 0 Å². The van der Waals surface area contributed by atoms with E-state index in [2.05, 4.69) is 4.90 Å². The lowest BCUT2D eigenvalue weighted by Crippen LogP contribution is -2.32. The van der Waals surface area contributed by atoms with Crippen LogP contribution in [0.1, 0.15) is 19.8 Å². The Labute approximate surface area is 55.8 Å². The van der Waals surface area contributed by atoms with Crippen LogP contribution in [0.3, 0.4) is 0 Å². The number of Topliss-reactive ketones (excluding diaryl/α,β-unsaturated/α-hetero) is 1. The summed E-state index contributed by atoms with van der Waals surface area (Å²) in [5.74, 6) is 0.374. The number of hydrogen-bond donors (Lipinski definition) is 0. The Kier molecular flexibility index (Phi) is 2.22. The Morgan fingerprint density at radius 2 is 2.44 bits per heavy atom. The van der Waals surface area contributed by atoms with Crippen molar-refractivity contribution in [1.29, 1.82) is 0 Å². The van der Waals surface area contributed by atoms with Crippen LogP contribution in [0.15, 0.2) is 0 Å². The minimum atomic E-state index is 0.374. The molecule has 0 aromatic heterocycles. The van der Waals surface area contributed by atoms with Gasteiger partial charge in [0, 0.05) is 13.0 Å². The SMILES string of the molecule is C[CH]N1CCCC(=O)C1.